The average Bonchev–Trinajstić information content (AvgIpc) is 2.88. The molecule has 3 rings (SSSR count). The summed E-state index contributed by atoms with van der Waals surface area (Å²) in [5.74, 6) is 0. The third kappa shape index (κ3) is 2.43. The second-order valence-electron chi connectivity index (χ2n) is 3.87. The van der Waals surface area contributed by atoms with Crippen molar-refractivity contribution in [3.63, 3.8) is 0 Å². The minimum atomic E-state index is 0.226. The predicted molar refractivity (Wildman–Crippen MR) is 78.0 cm³/mol. The lowest BCUT2D eigenvalue weighted by Crippen LogP contribution is -1.89. The minimum absolute atomic E-state index is 0.226. The molecule has 19 heavy (non-hydrogen) atoms. The second kappa shape index (κ2) is 4.95. The van der Waals surface area contributed by atoms with Gasteiger partial charge in [-0.15, -0.1) is 11.3 Å². The molecule has 0 saturated carbocycles. The van der Waals surface area contributed by atoms with Crippen molar-refractivity contribution in [1.82, 2.24) is 15.0 Å². The molecule has 0 bridgehead atoms. The lowest BCUT2D eigenvalue weighted by atomic mass is 10.1. The molecule has 0 saturated heterocycles. The molecule has 0 aliphatic rings. The highest BCUT2D eigenvalue weighted by Gasteiger charge is 2.12. The molecule has 0 spiro atoms. The van der Waals surface area contributed by atoms with E-state index in [9.17, 15) is 0 Å². The fourth-order valence-electron chi connectivity index (χ4n) is 1.78. The zero-order valence-corrected chi connectivity index (χ0v) is 11.3. The molecule has 2 N–H and O–H groups in total. The van der Waals surface area contributed by atoms with Crippen LogP contribution in [0, 0.1) is 0 Å². The Balaban J connectivity index is 2.13. The predicted octanol–water partition coefficient (Wildman–Crippen LogP) is 3.50. The van der Waals surface area contributed by atoms with E-state index in [1.54, 1.807) is 11.7 Å². The van der Waals surface area contributed by atoms with Gasteiger partial charge in [-0.3, -0.25) is 0 Å². The summed E-state index contributed by atoms with van der Waals surface area (Å²) < 4.78 is 0. The van der Waals surface area contributed by atoms with Crippen molar-refractivity contribution >= 4 is 28.6 Å². The van der Waals surface area contributed by atoms with Gasteiger partial charge in [-0.05, 0) is 29.8 Å². The van der Waals surface area contributed by atoms with Crippen molar-refractivity contribution < 1.29 is 0 Å². The maximum atomic E-state index is 5.83. The summed E-state index contributed by atoms with van der Waals surface area (Å²) in [4.78, 5) is 13.4. The average molecular weight is 289 g/mol. The van der Waals surface area contributed by atoms with Crippen molar-refractivity contribution in [1.29, 1.82) is 0 Å². The van der Waals surface area contributed by atoms with E-state index in [4.69, 9.17) is 17.3 Å². The highest BCUT2D eigenvalue weighted by Crippen LogP contribution is 2.34. The molecule has 0 aliphatic heterocycles. The van der Waals surface area contributed by atoms with Crippen molar-refractivity contribution in [2.24, 2.45) is 0 Å². The first-order valence-electron chi connectivity index (χ1n) is 5.52. The first-order valence-corrected chi connectivity index (χ1v) is 6.78. The van der Waals surface area contributed by atoms with Crippen LogP contribution in [-0.4, -0.2) is 15.0 Å². The van der Waals surface area contributed by atoms with Crippen LogP contribution < -0.4 is 5.73 Å². The van der Waals surface area contributed by atoms with Gasteiger partial charge in [0.05, 0.1) is 21.8 Å². The van der Waals surface area contributed by atoms with Crippen LogP contribution in [0.3, 0.4) is 0 Å². The number of aromatic nitrogens is 3. The minimum Gasteiger partial charge on any atom is -0.399 e. The van der Waals surface area contributed by atoms with Gasteiger partial charge in [-0.1, -0.05) is 12.1 Å². The molecule has 6 heteroatoms. The lowest BCUT2D eigenvalue weighted by molar-refractivity contribution is 1.18. The molecule has 2 heterocycles. The Morgan fingerprint density at radius 3 is 2.84 bits per heavy atom. The normalized spacial score (nSPS) is 10.6. The SMILES string of the molecule is Nc1cccc(-c2ncsc2-c2ccnc(Cl)n2)c1. The number of nitrogens with two attached hydrogens (primary N) is 1. The molecule has 3 aromatic rings. The van der Waals surface area contributed by atoms with Crippen LogP contribution >= 0.6 is 22.9 Å². The molecule has 0 atom stereocenters. The number of hydrogen-bond donors (Lipinski definition) is 1. The molecule has 4 nitrogen and oxygen atoms in total. The number of thiazole rings is 1. The van der Waals surface area contributed by atoms with E-state index in [1.165, 1.54) is 11.3 Å². The van der Waals surface area contributed by atoms with Crippen molar-refractivity contribution in [3.05, 3.63) is 47.3 Å². The van der Waals surface area contributed by atoms with Crippen molar-refractivity contribution in [2.45, 2.75) is 0 Å². The van der Waals surface area contributed by atoms with Crippen LogP contribution in [0.2, 0.25) is 5.28 Å². The van der Waals surface area contributed by atoms with Crippen molar-refractivity contribution in [2.75, 3.05) is 5.73 Å². The Morgan fingerprint density at radius 2 is 2.05 bits per heavy atom. The first-order chi connectivity index (χ1) is 9.24. The summed E-state index contributed by atoms with van der Waals surface area (Å²) >= 11 is 7.34. The third-order valence-corrected chi connectivity index (χ3v) is 3.62. The van der Waals surface area contributed by atoms with Gasteiger partial charge < -0.3 is 5.73 Å². The Bertz CT molecular complexity index is 666. The van der Waals surface area contributed by atoms with Crippen molar-refractivity contribution in [3.8, 4) is 21.8 Å². The molecule has 0 amide bonds. The van der Waals surface area contributed by atoms with Gasteiger partial charge in [0.2, 0.25) is 5.28 Å². The molecule has 0 aliphatic carbocycles. The van der Waals surface area contributed by atoms with Crippen LogP contribution in [0.15, 0.2) is 42.0 Å². The Morgan fingerprint density at radius 1 is 1.16 bits per heavy atom. The van der Waals surface area contributed by atoms with Gasteiger partial charge >= 0.3 is 0 Å². The van der Waals surface area contributed by atoms with Crippen LogP contribution in [0.4, 0.5) is 5.69 Å². The van der Waals surface area contributed by atoms with E-state index in [-0.39, 0.29) is 5.28 Å². The number of anilines is 1. The first kappa shape index (κ1) is 12.1. The lowest BCUT2D eigenvalue weighted by Gasteiger charge is -2.03. The number of rotatable bonds is 2. The third-order valence-electron chi connectivity index (χ3n) is 2.59. The van der Waals surface area contributed by atoms with E-state index >= 15 is 0 Å². The van der Waals surface area contributed by atoms with Crippen LogP contribution in [0.25, 0.3) is 21.8 Å². The highest BCUT2D eigenvalue weighted by molar-refractivity contribution is 7.13. The van der Waals surface area contributed by atoms with E-state index in [2.05, 4.69) is 15.0 Å². The van der Waals surface area contributed by atoms with E-state index < -0.39 is 0 Å². The second-order valence-corrected chi connectivity index (χ2v) is 5.06. The Kier molecular flexibility index (Phi) is 3.15. The quantitative estimate of drug-likeness (QED) is 0.579. The van der Waals surface area contributed by atoms with E-state index in [0.29, 0.717) is 5.69 Å². The smallest absolute Gasteiger partial charge is 0.222 e. The van der Waals surface area contributed by atoms with Gasteiger partial charge in [-0.2, -0.15) is 0 Å². The monoisotopic (exact) mass is 288 g/mol. The Hall–Kier alpha value is -1.98. The maximum Gasteiger partial charge on any atom is 0.222 e. The Labute approximate surface area is 118 Å². The van der Waals surface area contributed by atoms with Gasteiger partial charge in [-0.25, -0.2) is 15.0 Å². The van der Waals surface area contributed by atoms with Gasteiger partial charge in [0.1, 0.15) is 0 Å². The standard InChI is InChI=1S/C13H9ClN4S/c14-13-16-5-4-10(18-13)12-11(17-7-19-12)8-2-1-3-9(15)6-8/h1-7H,15H2. The zero-order valence-electron chi connectivity index (χ0n) is 9.75. The van der Waals surface area contributed by atoms with Gasteiger partial charge in [0, 0.05) is 17.4 Å². The van der Waals surface area contributed by atoms with Crippen LogP contribution in [0.1, 0.15) is 0 Å². The summed E-state index contributed by atoms with van der Waals surface area (Å²) in [5.41, 5.74) is 10.9. The van der Waals surface area contributed by atoms with Gasteiger partial charge in [0.15, 0.2) is 0 Å². The topological polar surface area (TPSA) is 64.7 Å². The van der Waals surface area contributed by atoms with E-state index in [1.807, 2.05) is 30.3 Å². The summed E-state index contributed by atoms with van der Waals surface area (Å²) in [7, 11) is 0. The fourth-order valence-corrected chi connectivity index (χ4v) is 2.71. The fraction of sp³-hybridized carbons (Fsp3) is 0. The summed E-state index contributed by atoms with van der Waals surface area (Å²) in [6.45, 7) is 0. The summed E-state index contributed by atoms with van der Waals surface area (Å²) in [5, 5.41) is 0.226. The molecule has 0 unspecified atom stereocenters. The number of hydrogen-bond acceptors (Lipinski definition) is 5. The number of nitrogen functional groups attached to an aromatic ring is 1. The molecular weight excluding hydrogens is 280 g/mol. The molecule has 0 radical (unpaired) electrons. The maximum absolute atomic E-state index is 5.83. The van der Waals surface area contributed by atoms with Gasteiger partial charge in [0.25, 0.3) is 0 Å². The molecular formula is C13H9ClN4S. The number of halogens is 1. The zero-order chi connectivity index (χ0) is 13.2. The molecule has 94 valence electrons. The van der Waals surface area contributed by atoms with E-state index in [0.717, 1.165) is 21.8 Å². The largest absolute Gasteiger partial charge is 0.399 e. The highest BCUT2D eigenvalue weighted by atomic mass is 35.5. The van der Waals surface area contributed by atoms with Crippen LogP contribution in [0.5, 0.6) is 0 Å². The molecule has 1 aromatic carbocycles. The number of nitrogens with zero attached hydrogens (tertiary/aromatic N) is 3. The summed E-state index contributed by atoms with van der Waals surface area (Å²) in [6, 6.07) is 9.42. The van der Waals surface area contributed by atoms with Crippen LogP contribution in [-0.2, 0) is 0 Å². The summed E-state index contributed by atoms with van der Waals surface area (Å²) in [6.07, 6.45) is 1.63. The molecule has 0 fully saturated rings. The number of benzene rings is 1. The molecule has 2 aromatic heterocycles.